The van der Waals surface area contributed by atoms with Gasteiger partial charge >= 0.3 is 5.97 Å². The Morgan fingerprint density at radius 1 is 1.13 bits per heavy atom. The molecule has 2 aromatic carbocycles. The standard InChI is InChI=1S/C20H20ClFN2O5S/c21-15-3-1-13(2-4-15)14-7-9-24(10-8-14)30(28,29)16-5-6-17(18(22)11-16)20(27)23-12-19(25)26/h1-6,11,14H,7-10,12H2,(H,23,27)(H,25,26). The van der Waals surface area contributed by atoms with Gasteiger partial charge in [-0.15, -0.1) is 0 Å². The van der Waals surface area contributed by atoms with Gasteiger partial charge in [0.15, 0.2) is 0 Å². The van der Waals surface area contributed by atoms with Crippen molar-refractivity contribution >= 4 is 33.5 Å². The first-order chi connectivity index (χ1) is 14.2. The Balaban J connectivity index is 1.70. The summed E-state index contributed by atoms with van der Waals surface area (Å²) in [6.07, 6.45) is 1.25. The van der Waals surface area contributed by atoms with Gasteiger partial charge in [0.1, 0.15) is 12.4 Å². The van der Waals surface area contributed by atoms with Crippen LogP contribution in [0.2, 0.25) is 5.02 Å². The number of carbonyl (C=O) groups excluding carboxylic acids is 1. The van der Waals surface area contributed by atoms with E-state index in [1.54, 1.807) is 12.1 Å². The van der Waals surface area contributed by atoms with Crippen LogP contribution in [0, 0.1) is 5.82 Å². The second kappa shape index (κ2) is 9.11. The van der Waals surface area contributed by atoms with Crippen molar-refractivity contribution in [3.05, 3.63) is 64.4 Å². The smallest absolute Gasteiger partial charge is 0.322 e. The third-order valence-electron chi connectivity index (χ3n) is 5.02. The van der Waals surface area contributed by atoms with E-state index in [4.69, 9.17) is 16.7 Å². The summed E-state index contributed by atoms with van der Waals surface area (Å²) in [6, 6.07) is 10.4. The molecule has 1 aliphatic rings. The molecule has 3 rings (SSSR count). The van der Waals surface area contributed by atoms with Crippen LogP contribution in [0.4, 0.5) is 4.39 Å². The molecule has 7 nitrogen and oxygen atoms in total. The topological polar surface area (TPSA) is 104 Å². The van der Waals surface area contributed by atoms with Crippen LogP contribution in [0.15, 0.2) is 47.4 Å². The summed E-state index contributed by atoms with van der Waals surface area (Å²) in [6.45, 7) is -0.0862. The van der Waals surface area contributed by atoms with E-state index in [-0.39, 0.29) is 23.9 Å². The highest BCUT2D eigenvalue weighted by Gasteiger charge is 2.30. The molecule has 0 unspecified atom stereocenters. The van der Waals surface area contributed by atoms with Crippen molar-refractivity contribution < 1.29 is 27.5 Å². The molecule has 0 radical (unpaired) electrons. The van der Waals surface area contributed by atoms with Crippen molar-refractivity contribution in [3.63, 3.8) is 0 Å². The minimum atomic E-state index is -3.92. The quantitative estimate of drug-likeness (QED) is 0.698. The highest BCUT2D eigenvalue weighted by molar-refractivity contribution is 7.89. The molecule has 1 fully saturated rings. The molecule has 1 amide bonds. The number of carboxylic acids is 1. The van der Waals surface area contributed by atoms with Gasteiger partial charge in [-0.25, -0.2) is 12.8 Å². The number of piperidine rings is 1. The number of carbonyl (C=O) groups is 2. The van der Waals surface area contributed by atoms with Gasteiger partial charge in [-0.3, -0.25) is 9.59 Å². The van der Waals surface area contributed by atoms with E-state index in [9.17, 15) is 22.4 Å². The number of hydrogen-bond acceptors (Lipinski definition) is 4. The average molecular weight is 455 g/mol. The fraction of sp³-hybridized carbons (Fsp3) is 0.300. The lowest BCUT2D eigenvalue weighted by Gasteiger charge is -2.31. The minimum Gasteiger partial charge on any atom is -0.480 e. The van der Waals surface area contributed by atoms with Crippen molar-refractivity contribution in [2.45, 2.75) is 23.7 Å². The predicted molar refractivity (Wildman–Crippen MR) is 109 cm³/mol. The van der Waals surface area contributed by atoms with Crippen molar-refractivity contribution in [2.24, 2.45) is 0 Å². The third-order valence-corrected chi connectivity index (χ3v) is 7.17. The summed E-state index contributed by atoms with van der Waals surface area (Å²) in [4.78, 5) is 22.1. The lowest BCUT2D eigenvalue weighted by molar-refractivity contribution is -0.135. The van der Waals surface area contributed by atoms with Gasteiger partial charge in [-0.2, -0.15) is 4.31 Å². The molecule has 0 aliphatic carbocycles. The lowest BCUT2D eigenvalue weighted by atomic mass is 9.90. The Hall–Kier alpha value is -2.49. The van der Waals surface area contributed by atoms with Gasteiger partial charge in [0.25, 0.3) is 5.91 Å². The number of nitrogens with zero attached hydrogens (tertiary/aromatic N) is 1. The molecule has 0 atom stereocenters. The molecule has 1 saturated heterocycles. The molecule has 30 heavy (non-hydrogen) atoms. The van der Waals surface area contributed by atoms with Crippen LogP contribution in [0.5, 0.6) is 0 Å². The van der Waals surface area contributed by atoms with Crippen molar-refractivity contribution in [2.75, 3.05) is 19.6 Å². The summed E-state index contributed by atoms with van der Waals surface area (Å²) >= 11 is 5.91. The van der Waals surface area contributed by atoms with E-state index in [0.717, 1.165) is 23.8 Å². The number of halogens is 2. The summed E-state index contributed by atoms with van der Waals surface area (Å²) in [5, 5.41) is 11.3. The van der Waals surface area contributed by atoms with Crippen LogP contribution in [0.3, 0.4) is 0 Å². The number of amides is 1. The van der Waals surface area contributed by atoms with E-state index in [0.29, 0.717) is 17.9 Å². The Labute approximate surface area is 178 Å². The van der Waals surface area contributed by atoms with Gasteiger partial charge in [0.2, 0.25) is 10.0 Å². The second-order valence-corrected chi connectivity index (χ2v) is 9.32. The monoisotopic (exact) mass is 454 g/mol. The molecule has 160 valence electrons. The number of benzene rings is 2. The number of nitrogens with one attached hydrogen (secondary N) is 1. The Morgan fingerprint density at radius 2 is 1.77 bits per heavy atom. The number of rotatable bonds is 6. The summed E-state index contributed by atoms with van der Waals surface area (Å²) in [5.41, 5.74) is 0.677. The van der Waals surface area contributed by atoms with E-state index in [1.807, 2.05) is 17.4 Å². The number of carboxylic acid groups (broad SMARTS) is 1. The highest BCUT2D eigenvalue weighted by Crippen LogP contribution is 2.31. The van der Waals surface area contributed by atoms with Gasteiger partial charge in [-0.05, 0) is 54.7 Å². The molecule has 0 bridgehead atoms. The van der Waals surface area contributed by atoms with Gasteiger partial charge in [0.05, 0.1) is 10.5 Å². The third kappa shape index (κ3) is 4.97. The summed E-state index contributed by atoms with van der Waals surface area (Å²) < 4.78 is 41.4. The van der Waals surface area contributed by atoms with E-state index < -0.39 is 39.8 Å². The molecule has 10 heteroatoms. The molecule has 2 aromatic rings. The van der Waals surface area contributed by atoms with Crippen LogP contribution in [-0.4, -0.2) is 49.3 Å². The zero-order valence-corrected chi connectivity index (χ0v) is 17.4. The van der Waals surface area contributed by atoms with Crippen LogP contribution in [0.25, 0.3) is 0 Å². The Bertz CT molecular complexity index is 1050. The maximum absolute atomic E-state index is 14.3. The van der Waals surface area contributed by atoms with Crippen LogP contribution >= 0.6 is 11.6 Å². The normalized spacial score (nSPS) is 15.7. The summed E-state index contributed by atoms with van der Waals surface area (Å²) in [7, 11) is -3.92. The molecular weight excluding hydrogens is 435 g/mol. The number of sulfonamides is 1. The first-order valence-electron chi connectivity index (χ1n) is 9.23. The zero-order valence-electron chi connectivity index (χ0n) is 15.8. The molecule has 1 aliphatic heterocycles. The molecule has 1 heterocycles. The largest absolute Gasteiger partial charge is 0.480 e. The zero-order chi connectivity index (χ0) is 21.9. The van der Waals surface area contributed by atoms with Crippen LogP contribution in [-0.2, 0) is 14.8 Å². The fourth-order valence-electron chi connectivity index (χ4n) is 3.41. The first kappa shape index (κ1) is 22.2. The van der Waals surface area contributed by atoms with Gasteiger partial charge in [-0.1, -0.05) is 23.7 Å². The van der Waals surface area contributed by atoms with E-state index in [1.165, 1.54) is 4.31 Å². The van der Waals surface area contributed by atoms with Crippen molar-refractivity contribution in [1.29, 1.82) is 0 Å². The van der Waals surface area contributed by atoms with Crippen LogP contribution < -0.4 is 5.32 Å². The summed E-state index contributed by atoms with van der Waals surface area (Å²) in [5.74, 6) is -3.02. The van der Waals surface area contributed by atoms with Crippen molar-refractivity contribution in [3.8, 4) is 0 Å². The molecule has 0 aromatic heterocycles. The van der Waals surface area contributed by atoms with Gasteiger partial charge in [0, 0.05) is 18.1 Å². The maximum Gasteiger partial charge on any atom is 0.322 e. The van der Waals surface area contributed by atoms with Gasteiger partial charge < -0.3 is 10.4 Å². The minimum absolute atomic E-state index is 0.214. The molecule has 0 spiro atoms. The molecular formula is C20H20ClFN2O5S. The first-order valence-corrected chi connectivity index (χ1v) is 11.1. The SMILES string of the molecule is O=C(O)CNC(=O)c1ccc(S(=O)(=O)N2CCC(c3ccc(Cl)cc3)CC2)cc1F. The van der Waals surface area contributed by atoms with E-state index in [2.05, 4.69) is 0 Å². The Kier molecular flexibility index (Phi) is 6.74. The predicted octanol–water partition coefficient (Wildman–Crippen LogP) is 2.86. The molecule has 2 N–H and O–H groups in total. The van der Waals surface area contributed by atoms with E-state index >= 15 is 0 Å². The fourth-order valence-corrected chi connectivity index (χ4v) is 5.01. The second-order valence-electron chi connectivity index (χ2n) is 6.95. The number of aliphatic carboxylic acids is 1. The lowest BCUT2D eigenvalue weighted by Crippen LogP contribution is -2.38. The highest BCUT2D eigenvalue weighted by atomic mass is 35.5. The number of hydrogen-bond donors (Lipinski definition) is 2. The Morgan fingerprint density at radius 3 is 2.33 bits per heavy atom. The van der Waals surface area contributed by atoms with Crippen molar-refractivity contribution in [1.82, 2.24) is 9.62 Å². The maximum atomic E-state index is 14.3. The molecule has 0 saturated carbocycles. The average Bonchev–Trinajstić information content (AvgIpc) is 2.72. The van der Waals surface area contributed by atoms with Crippen LogP contribution in [0.1, 0.15) is 34.7 Å².